The van der Waals surface area contributed by atoms with Crippen LogP contribution < -0.4 is 0 Å². The van der Waals surface area contributed by atoms with E-state index in [1.165, 1.54) is 0 Å². The van der Waals surface area contributed by atoms with Crippen molar-refractivity contribution in [1.82, 2.24) is 15.0 Å². The molecule has 7 aromatic carbocycles. The standard InChI is InChI=1S/C45H27N3O2/c1-3-13-28(14-4-1)30-17-9-18-31(27-30)43-46-44(35-22-11-25-38-40(35)33-19-7-8-24-37(33)49-38)48-45(47-43)36-23-12-26-39-41(36)34-21-10-20-32(42(34)50-39)29-15-5-2-6-16-29/h1-27H. The highest BCUT2D eigenvalue weighted by molar-refractivity contribution is 6.15. The van der Waals surface area contributed by atoms with Gasteiger partial charge in [0.15, 0.2) is 17.5 Å². The lowest BCUT2D eigenvalue weighted by Crippen LogP contribution is -2.01. The van der Waals surface area contributed by atoms with Crippen molar-refractivity contribution in [1.29, 1.82) is 0 Å². The molecule has 234 valence electrons. The number of rotatable bonds is 5. The summed E-state index contributed by atoms with van der Waals surface area (Å²) >= 11 is 0. The molecule has 10 aromatic rings. The van der Waals surface area contributed by atoms with Crippen molar-refractivity contribution in [2.75, 3.05) is 0 Å². The molecule has 0 atom stereocenters. The van der Waals surface area contributed by atoms with Gasteiger partial charge in [0, 0.05) is 43.8 Å². The summed E-state index contributed by atoms with van der Waals surface area (Å²) in [6.45, 7) is 0. The van der Waals surface area contributed by atoms with Gasteiger partial charge in [-0.15, -0.1) is 0 Å². The molecule has 0 aliphatic rings. The highest BCUT2D eigenvalue weighted by Crippen LogP contribution is 2.41. The fourth-order valence-corrected chi connectivity index (χ4v) is 7.05. The predicted molar refractivity (Wildman–Crippen MR) is 202 cm³/mol. The fraction of sp³-hybridized carbons (Fsp3) is 0. The number of furan rings is 2. The van der Waals surface area contributed by atoms with E-state index in [-0.39, 0.29) is 0 Å². The number of para-hydroxylation sites is 2. The molecule has 0 radical (unpaired) electrons. The maximum atomic E-state index is 6.61. The van der Waals surface area contributed by atoms with Gasteiger partial charge in [-0.2, -0.15) is 0 Å². The Kier molecular flexibility index (Phi) is 6.42. The van der Waals surface area contributed by atoms with Crippen molar-refractivity contribution >= 4 is 43.9 Å². The quantitative estimate of drug-likeness (QED) is 0.187. The van der Waals surface area contributed by atoms with Gasteiger partial charge in [-0.1, -0.05) is 140 Å². The van der Waals surface area contributed by atoms with Crippen molar-refractivity contribution in [3.05, 3.63) is 164 Å². The molecule has 0 spiro atoms. The third-order valence-corrected chi connectivity index (χ3v) is 9.36. The van der Waals surface area contributed by atoms with Crippen LogP contribution in [0, 0.1) is 0 Å². The number of fused-ring (bicyclic) bond motifs is 6. The molecule has 5 heteroatoms. The number of hydrogen-bond acceptors (Lipinski definition) is 5. The van der Waals surface area contributed by atoms with Crippen LogP contribution >= 0.6 is 0 Å². The maximum Gasteiger partial charge on any atom is 0.164 e. The lowest BCUT2D eigenvalue weighted by molar-refractivity contribution is 0.669. The SMILES string of the molecule is c1ccc(-c2cccc(-c3nc(-c4cccc5oc6ccccc6c45)nc(-c4cccc5oc6c(-c7ccccc7)cccc6c45)n3)c2)cc1. The van der Waals surface area contributed by atoms with Crippen molar-refractivity contribution in [3.63, 3.8) is 0 Å². The normalized spacial score (nSPS) is 11.6. The molecule has 0 amide bonds. The third-order valence-electron chi connectivity index (χ3n) is 9.36. The highest BCUT2D eigenvalue weighted by Gasteiger charge is 2.21. The molecule has 0 bridgehead atoms. The molecule has 3 aromatic heterocycles. The summed E-state index contributed by atoms with van der Waals surface area (Å²) in [5, 5.41) is 3.97. The first-order valence-corrected chi connectivity index (χ1v) is 16.6. The van der Waals surface area contributed by atoms with Gasteiger partial charge < -0.3 is 8.83 Å². The summed E-state index contributed by atoms with van der Waals surface area (Å²) in [5.74, 6) is 1.72. The van der Waals surface area contributed by atoms with E-state index in [1.54, 1.807) is 0 Å². The Morgan fingerprint density at radius 3 is 1.58 bits per heavy atom. The second kappa shape index (κ2) is 11.4. The van der Waals surface area contributed by atoms with Gasteiger partial charge in [-0.3, -0.25) is 0 Å². The Morgan fingerprint density at radius 1 is 0.320 bits per heavy atom. The Balaban J connectivity index is 1.24. The van der Waals surface area contributed by atoms with Crippen LogP contribution in [0.5, 0.6) is 0 Å². The van der Waals surface area contributed by atoms with E-state index in [9.17, 15) is 0 Å². The molecule has 50 heavy (non-hydrogen) atoms. The van der Waals surface area contributed by atoms with Gasteiger partial charge in [0.1, 0.15) is 22.3 Å². The minimum atomic E-state index is 0.568. The molecule has 10 rings (SSSR count). The Hall–Kier alpha value is -6.85. The second-order valence-corrected chi connectivity index (χ2v) is 12.4. The molecule has 0 N–H and O–H groups in total. The minimum absolute atomic E-state index is 0.568. The first-order valence-electron chi connectivity index (χ1n) is 16.6. The van der Waals surface area contributed by atoms with E-state index in [1.807, 2.05) is 66.7 Å². The molecule has 5 nitrogen and oxygen atoms in total. The van der Waals surface area contributed by atoms with Crippen LogP contribution in [0.4, 0.5) is 0 Å². The zero-order valence-electron chi connectivity index (χ0n) is 26.7. The Labute approximate surface area is 287 Å². The summed E-state index contributed by atoms with van der Waals surface area (Å²) in [6, 6.07) is 55.6. The highest BCUT2D eigenvalue weighted by atomic mass is 16.3. The first-order chi connectivity index (χ1) is 24.8. The predicted octanol–water partition coefficient (Wildman–Crippen LogP) is 12.0. The molecule has 0 unspecified atom stereocenters. The van der Waals surface area contributed by atoms with Crippen molar-refractivity contribution in [2.45, 2.75) is 0 Å². The molecule has 0 aliphatic carbocycles. The van der Waals surface area contributed by atoms with Crippen LogP contribution in [0.3, 0.4) is 0 Å². The molecule has 0 fully saturated rings. The van der Waals surface area contributed by atoms with Crippen LogP contribution in [0.2, 0.25) is 0 Å². The summed E-state index contributed by atoms with van der Waals surface area (Å²) < 4.78 is 12.9. The largest absolute Gasteiger partial charge is 0.456 e. The Morgan fingerprint density at radius 2 is 0.820 bits per heavy atom. The van der Waals surface area contributed by atoms with E-state index in [0.717, 1.165) is 82.8 Å². The number of hydrogen-bond donors (Lipinski definition) is 0. The molecule has 0 saturated carbocycles. The maximum absolute atomic E-state index is 6.61. The molecule has 0 aliphatic heterocycles. The van der Waals surface area contributed by atoms with Crippen LogP contribution in [0.1, 0.15) is 0 Å². The molecule has 0 saturated heterocycles. The number of benzene rings is 7. The van der Waals surface area contributed by atoms with Gasteiger partial charge in [0.2, 0.25) is 0 Å². The molecule has 3 heterocycles. The average Bonchev–Trinajstić information content (AvgIpc) is 3.77. The van der Waals surface area contributed by atoms with Gasteiger partial charge in [-0.25, -0.2) is 15.0 Å². The zero-order valence-corrected chi connectivity index (χ0v) is 26.7. The van der Waals surface area contributed by atoms with E-state index in [4.69, 9.17) is 23.8 Å². The molecular formula is C45H27N3O2. The second-order valence-electron chi connectivity index (χ2n) is 12.4. The summed E-state index contributed by atoms with van der Waals surface area (Å²) in [6.07, 6.45) is 0. The van der Waals surface area contributed by atoms with Gasteiger partial charge in [0.25, 0.3) is 0 Å². The first kappa shape index (κ1) is 28.2. The van der Waals surface area contributed by atoms with Crippen LogP contribution in [0.25, 0.3) is 100 Å². The smallest absolute Gasteiger partial charge is 0.164 e. The van der Waals surface area contributed by atoms with Crippen molar-refractivity contribution in [2.24, 2.45) is 0 Å². The summed E-state index contributed by atoms with van der Waals surface area (Å²) in [7, 11) is 0. The minimum Gasteiger partial charge on any atom is -0.456 e. The zero-order chi connectivity index (χ0) is 33.0. The monoisotopic (exact) mass is 641 g/mol. The Bertz CT molecular complexity index is 2870. The fourth-order valence-electron chi connectivity index (χ4n) is 7.05. The number of nitrogens with zero attached hydrogens (tertiary/aromatic N) is 3. The van der Waals surface area contributed by atoms with Gasteiger partial charge in [0.05, 0.1) is 0 Å². The lowest BCUT2D eigenvalue weighted by Gasteiger charge is -2.11. The van der Waals surface area contributed by atoms with E-state index < -0.39 is 0 Å². The lowest BCUT2D eigenvalue weighted by atomic mass is 10.00. The molecular weight excluding hydrogens is 615 g/mol. The summed E-state index contributed by atoms with van der Waals surface area (Å²) in [5.41, 5.74) is 10.2. The third kappa shape index (κ3) is 4.60. The van der Waals surface area contributed by atoms with E-state index >= 15 is 0 Å². The van der Waals surface area contributed by atoms with Crippen LogP contribution in [-0.2, 0) is 0 Å². The average molecular weight is 642 g/mol. The van der Waals surface area contributed by atoms with Crippen molar-refractivity contribution in [3.8, 4) is 56.4 Å². The van der Waals surface area contributed by atoms with Gasteiger partial charge >= 0.3 is 0 Å². The van der Waals surface area contributed by atoms with Crippen molar-refractivity contribution < 1.29 is 8.83 Å². The van der Waals surface area contributed by atoms with E-state index in [0.29, 0.717) is 17.5 Å². The summed E-state index contributed by atoms with van der Waals surface area (Å²) in [4.78, 5) is 15.6. The topological polar surface area (TPSA) is 65.0 Å². The number of aromatic nitrogens is 3. The van der Waals surface area contributed by atoms with E-state index in [2.05, 4.69) is 97.1 Å². The van der Waals surface area contributed by atoms with Gasteiger partial charge in [-0.05, 0) is 41.0 Å². The van der Waals surface area contributed by atoms with Crippen LogP contribution in [0.15, 0.2) is 173 Å². The van der Waals surface area contributed by atoms with Crippen LogP contribution in [-0.4, -0.2) is 15.0 Å².